The van der Waals surface area contributed by atoms with Gasteiger partial charge >= 0.3 is 0 Å². The highest BCUT2D eigenvalue weighted by molar-refractivity contribution is 7.97. The first-order chi connectivity index (χ1) is 26.5. The molecule has 0 spiro atoms. The number of hydrogen-bond donors (Lipinski definition) is 0. The van der Waals surface area contributed by atoms with E-state index in [0.717, 1.165) is 21.8 Å². The molecule has 4 rings (SSSR count). The van der Waals surface area contributed by atoms with Gasteiger partial charge in [0.1, 0.15) is 0 Å². The fraction of sp³-hybridized carbons (Fsp3) is 0.635. The lowest BCUT2D eigenvalue weighted by atomic mass is 9.52. The molecule has 0 bridgehead atoms. The highest BCUT2D eigenvalue weighted by atomic mass is 32.2. The Balaban J connectivity index is 0.000000390. The molecule has 0 amide bonds. The molecule has 306 valence electrons. The Morgan fingerprint density at radius 3 is 1.35 bits per heavy atom. The molecule has 2 nitrogen and oxygen atoms in total. The van der Waals surface area contributed by atoms with Crippen LogP contribution >= 0.6 is 11.9 Å². The van der Waals surface area contributed by atoms with Gasteiger partial charge in [0.2, 0.25) is 0 Å². The Hall–Kier alpha value is -2.52. The summed E-state index contributed by atoms with van der Waals surface area (Å²) in [6, 6.07) is 27.1. The zero-order chi connectivity index (χ0) is 40.5. The van der Waals surface area contributed by atoms with Gasteiger partial charge in [-0.05, 0) is 108 Å². The van der Waals surface area contributed by atoms with E-state index in [9.17, 15) is 4.79 Å². The maximum atomic E-state index is 12.3. The number of aromatic nitrogens is 1. The standard InChI is InChI=1S/C38H70.C14H11NOS/c1-11-21-25-28-37(19-9,20-10)32-38(30-35(13-3,14-4)15-5,31-36(16-6,17-7)18-8)29-33(12-2)34-26-23-22-24-27-34;1-17-15-12-8-4-2-6-10(12)14(16)11-7-3-5-9-13(11)15/h22-24,26-27,33H,11-21,25,28-32H2,1-10H3;2-9H,1H3. The first-order valence-corrected chi connectivity index (χ1v) is 23.8. The van der Waals surface area contributed by atoms with E-state index in [0.29, 0.717) is 27.6 Å². The van der Waals surface area contributed by atoms with Crippen molar-refractivity contribution in [3.05, 3.63) is 94.6 Å². The Bertz CT molecular complexity index is 1630. The minimum atomic E-state index is 0.113. The first kappa shape index (κ1) is 46.9. The van der Waals surface area contributed by atoms with Crippen molar-refractivity contribution in [1.82, 2.24) is 3.97 Å². The monoisotopic (exact) mass is 768 g/mol. The zero-order valence-corrected chi connectivity index (χ0v) is 38.2. The topological polar surface area (TPSA) is 22.0 Å². The third-order valence-electron chi connectivity index (χ3n) is 14.9. The lowest BCUT2D eigenvalue weighted by Crippen LogP contribution is -2.41. The summed E-state index contributed by atoms with van der Waals surface area (Å²) in [7, 11) is 0. The van der Waals surface area contributed by atoms with Crippen LogP contribution in [-0.4, -0.2) is 10.2 Å². The molecule has 4 aromatic rings. The van der Waals surface area contributed by atoms with Crippen LogP contribution in [0.15, 0.2) is 83.7 Å². The molecule has 0 aliphatic heterocycles. The number of unbranched alkanes of at least 4 members (excludes halogenated alkanes) is 2. The average molecular weight is 768 g/mol. The van der Waals surface area contributed by atoms with E-state index in [4.69, 9.17) is 0 Å². The smallest absolute Gasteiger partial charge is 0.197 e. The van der Waals surface area contributed by atoms with Gasteiger partial charge < -0.3 is 0 Å². The van der Waals surface area contributed by atoms with Gasteiger partial charge in [-0.1, -0.05) is 194 Å². The van der Waals surface area contributed by atoms with Gasteiger partial charge in [-0.2, -0.15) is 0 Å². The van der Waals surface area contributed by atoms with Crippen LogP contribution in [0.25, 0.3) is 21.8 Å². The number of fused-ring (bicyclic) bond motifs is 2. The van der Waals surface area contributed by atoms with Crippen molar-refractivity contribution in [1.29, 1.82) is 0 Å². The molecule has 1 unspecified atom stereocenters. The molecule has 3 heteroatoms. The number of hydrogen-bond acceptors (Lipinski definition) is 2. The highest BCUT2D eigenvalue weighted by Gasteiger charge is 2.48. The minimum absolute atomic E-state index is 0.113. The van der Waals surface area contributed by atoms with E-state index < -0.39 is 0 Å². The van der Waals surface area contributed by atoms with E-state index in [1.54, 1.807) is 17.5 Å². The Kier molecular flexibility index (Phi) is 19.1. The van der Waals surface area contributed by atoms with Crippen molar-refractivity contribution in [2.75, 3.05) is 6.26 Å². The summed E-state index contributed by atoms with van der Waals surface area (Å²) in [5, 5.41) is 1.56. The van der Waals surface area contributed by atoms with Crippen molar-refractivity contribution in [3.63, 3.8) is 0 Å². The molecule has 0 radical (unpaired) electrons. The predicted molar refractivity (Wildman–Crippen MR) is 249 cm³/mol. The van der Waals surface area contributed by atoms with E-state index in [1.165, 1.54) is 109 Å². The summed E-state index contributed by atoms with van der Waals surface area (Å²) in [5.41, 5.74) is 5.44. The highest BCUT2D eigenvalue weighted by Crippen LogP contribution is 2.60. The molecular formula is C52H81NOS. The van der Waals surface area contributed by atoms with Crippen LogP contribution in [0.1, 0.15) is 190 Å². The minimum Gasteiger partial charge on any atom is -0.288 e. The molecule has 0 saturated carbocycles. The Labute approximate surface area is 343 Å². The average Bonchev–Trinajstić information content (AvgIpc) is 3.24. The first-order valence-electron chi connectivity index (χ1n) is 22.6. The van der Waals surface area contributed by atoms with Gasteiger partial charge in [-0.25, -0.2) is 0 Å². The summed E-state index contributed by atoms with van der Waals surface area (Å²) in [6.07, 6.45) is 25.1. The number of benzene rings is 3. The maximum absolute atomic E-state index is 12.3. The number of pyridine rings is 1. The fourth-order valence-electron chi connectivity index (χ4n) is 10.6. The predicted octanol–water partition coefficient (Wildman–Crippen LogP) is 16.8. The third-order valence-corrected chi connectivity index (χ3v) is 15.7. The van der Waals surface area contributed by atoms with Crippen molar-refractivity contribution in [2.45, 2.75) is 184 Å². The second-order valence-electron chi connectivity index (χ2n) is 17.4. The fourth-order valence-corrected chi connectivity index (χ4v) is 11.3. The van der Waals surface area contributed by atoms with Crippen LogP contribution in [0.3, 0.4) is 0 Å². The molecule has 55 heavy (non-hydrogen) atoms. The second kappa shape index (κ2) is 22.4. The van der Waals surface area contributed by atoms with Crippen molar-refractivity contribution in [2.24, 2.45) is 21.7 Å². The van der Waals surface area contributed by atoms with Gasteiger partial charge in [0.15, 0.2) is 5.43 Å². The van der Waals surface area contributed by atoms with Crippen LogP contribution in [0.5, 0.6) is 0 Å². The Morgan fingerprint density at radius 1 is 0.527 bits per heavy atom. The van der Waals surface area contributed by atoms with Crippen LogP contribution in [0.4, 0.5) is 0 Å². The van der Waals surface area contributed by atoms with Gasteiger partial charge in [0.05, 0.1) is 11.0 Å². The molecule has 0 aliphatic carbocycles. The van der Waals surface area contributed by atoms with Crippen LogP contribution in [-0.2, 0) is 0 Å². The molecule has 1 heterocycles. The lowest BCUT2D eigenvalue weighted by Gasteiger charge is -2.53. The van der Waals surface area contributed by atoms with Crippen molar-refractivity contribution in [3.8, 4) is 0 Å². The molecule has 1 aromatic heterocycles. The van der Waals surface area contributed by atoms with Gasteiger partial charge in [-0.3, -0.25) is 8.77 Å². The maximum Gasteiger partial charge on any atom is 0.197 e. The summed E-state index contributed by atoms with van der Waals surface area (Å²) < 4.78 is 2.10. The lowest BCUT2D eigenvalue weighted by molar-refractivity contribution is -0.0144. The van der Waals surface area contributed by atoms with Crippen LogP contribution in [0, 0.1) is 21.7 Å². The second-order valence-corrected chi connectivity index (χ2v) is 18.1. The summed E-state index contributed by atoms with van der Waals surface area (Å²) >= 11 is 1.61. The normalized spacial score (nSPS) is 13.2. The quantitative estimate of drug-likeness (QED) is 0.0554. The van der Waals surface area contributed by atoms with Gasteiger partial charge in [-0.15, -0.1) is 0 Å². The van der Waals surface area contributed by atoms with E-state index >= 15 is 0 Å². The molecular weight excluding hydrogens is 687 g/mol. The molecule has 0 fully saturated rings. The van der Waals surface area contributed by atoms with E-state index in [-0.39, 0.29) is 5.43 Å². The molecule has 0 saturated heterocycles. The zero-order valence-electron chi connectivity index (χ0n) is 37.4. The van der Waals surface area contributed by atoms with E-state index in [2.05, 4.69) is 104 Å². The van der Waals surface area contributed by atoms with Crippen LogP contribution < -0.4 is 5.43 Å². The largest absolute Gasteiger partial charge is 0.288 e. The van der Waals surface area contributed by atoms with Gasteiger partial charge in [0, 0.05) is 17.0 Å². The number of nitrogens with zero attached hydrogens (tertiary/aromatic N) is 1. The third kappa shape index (κ3) is 11.5. The van der Waals surface area contributed by atoms with Gasteiger partial charge in [0.25, 0.3) is 0 Å². The molecule has 0 N–H and O–H groups in total. The Morgan fingerprint density at radius 2 is 0.945 bits per heavy atom. The molecule has 3 aromatic carbocycles. The van der Waals surface area contributed by atoms with E-state index in [1.807, 2.05) is 54.8 Å². The molecule has 1 atom stereocenters. The van der Waals surface area contributed by atoms with Crippen molar-refractivity contribution < 1.29 is 0 Å². The summed E-state index contributed by atoms with van der Waals surface area (Å²) in [4.78, 5) is 12.3. The summed E-state index contributed by atoms with van der Waals surface area (Å²) in [5.74, 6) is 0.657. The number of rotatable bonds is 23. The number of para-hydroxylation sites is 2. The van der Waals surface area contributed by atoms with Crippen molar-refractivity contribution >= 4 is 33.8 Å². The van der Waals surface area contributed by atoms with Crippen LogP contribution in [0.2, 0.25) is 0 Å². The SMILES string of the molecule is CCCCCC(CC)(CC)CC(CC(CC)c1ccccc1)(CC(CC)(CC)CC)CC(CC)(CC)CC.CSn1c2ccccc2c(=O)c2ccccc21. The molecule has 0 aliphatic rings. The summed E-state index contributed by atoms with van der Waals surface area (Å²) in [6.45, 7) is 24.8.